The Balaban J connectivity index is 1.82. The first kappa shape index (κ1) is 17.2. The van der Waals surface area contributed by atoms with Crippen LogP contribution in [-0.2, 0) is 4.79 Å². The summed E-state index contributed by atoms with van der Waals surface area (Å²) in [5, 5.41) is 12.1. The number of hydrogen-bond acceptors (Lipinski definition) is 2. The van der Waals surface area contributed by atoms with Crippen LogP contribution in [0.4, 0.5) is 10.1 Å². The molecule has 0 heterocycles. The van der Waals surface area contributed by atoms with E-state index in [2.05, 4.69) is 5.32 Å². The molecule has 1 amide bonds. The Hall–Kier alpha value is -2.66. The molecule has 2 aromatic rings. The molecule has 0 spiro atoms. The fourth-order valence-electron chi connectivity index (χ4n) is 2.34. The van der Waals surface area contributed by atoms with Crippen molar-refractivity contribution in [2.45, 2.75) is 12.8 Å². The summed E-state index contributed by atoms with van der Waals surface area (Å²) < 4.78 is 13.2. The van der Waals surface area contributed by atoms with Crippen LogP contribution in [0, 0.1) is 11.7 Å². The van der Waals surface area contributed by atoms with Gasteiger partial charge in [0.2, 0.25) is 5.91 Å². The Morgan fingerprint density at radius 2 is 1.76 bits per heavy atom. The van der Waals surface area contributed by atoms with E-state index in [4.69, 9.17) is 11.6 Å². The molecule has 25 heavy (non-hydrogen) atoms. The minimum absolute atomic E-state index is 0.00978. The minimum atomic E-state index is -1.12. The van der Waals surface area contributed by atoms with E-state index in [1.54, 1.807) is 30.4 Å². The highest BCUT2D eigenvalue weighted by molar-refractivity contribution is 6.30. The first-order valence-electron chi connectivity index (χ1n) is 7.75. The second-order valence-corrected chi connectivity index (χ2v) is 6.29. The number of anilines is 1. The van der Waals surface area contributed by atoms with Crippen LogP contribution in [-0.4, -0.2) is 17.0 Å². The average molecular weight is 360 g/mol. The number of rotatable bonds is 5. The van der Waals surface area contributed by atoms with E-state index in [1.807, 2.05) is 0 Å². The third kappa shape index (κ3) is 4.25. The van der Waals surface area contributed by atoms with Gasteiger partial charge in [0.1, 0.15) is 5.82 Å². The molecule has 0 unspecified atom stereocenters. The van der Waals surface area contributed by atoms with E-state index in [9.17, 15) is 19.1 Å². The van der Waals surface area contributed by atoms with E-state index >= 15 is 0 Å². The van der Waals surface area contributed by atoms with E-state index in [1.165, 1.54) is 18.2 Å². The van der Waals surface area contributed by atoms with Crippen molar-refractivity contribution in [3.8, 4) is 0 Å². The lowest BCUT2D eigenvalue weighted by Gasteiger charge is -2.09. The molecule has 1 aliphatic rings. The van der Waals surface area contributed by atoms with Gasteiger partial charge in [0.15, 0.2) is 0 Å². The first-order chi connectivity index (χ1) is 11.9. The zero-order valence-corrected chi connectivity index (χ0v) is 13.9. The van der Waals surface area contributed by atoms with Gasteiger partial charge in [-0.05, 0) is 48.2 Å². The van der Waals surface area contributed by atoms with E-state index < -0.39 is 11.8 Å². The molecule has 1 saturated carbocycles. The van der Waals surface area contributed by atoms with Gasteiger partial charge in [-0.2, -0.15) is 0 Å². The molecule has 2 aromatic carbocycles. The summed E-state index contributed by atoms with van der Waals surface area (Å²) in [7, 11) is 0. The summed E-state index contributed by atoms with van der Waals surface area (Å²) in [6.07, 6.45) is 5.09. The van der Waals surface area contributed by atoms with Crippen molar-refractivity contribution in [3.05, 3.63) is 63.9 Å². The highest BCUT2D eigenvalue weighted by atomic mass is 35.5. The van der Waals surface area contributed by atoms with Crippen LogP contribution in [0.3, 0.4) is 0 Å². The molecule has 0 aromatic heterocycles. The molecule has 2 N–H and O–H groups in total. The zero-order chi connectivity index (χ0) is 18.0. The SMILES string of the molecule is O=C(O)c1cc(C=Cc2ccc(F)c(Cl)c2)ccc1NC(=O)C1CC1. The second-order valence-electron chi connectivity index (χ2n) is 5.88. The maximum atomic E-state index is 13.2. The quantitative estimate of drug-likeness (QED) is 0.761. The lowest BCUT2D eigenvalue weighted by Crippen LogP contribution is -2.16. The average Bonchev–Trinajstić information content (AvgIpc) is 3.41. The van der Waals surface area contributed by atoms with E-state index in [-0.39, 0.29) is 28.1 Å². The van der Waals surface area contributed by atoms with Gasteiger partial charge in [-0.15, -0.1) is 0 Å². The molecular weight excluding hydrogens is 345 g/mol. The number of halogens is 2. The molecule has 6 heteroatoms. The smallest absolute Gasteiger partial charge is 0.337 e. The van der Waals surface area contributed by atoms with E-state index in [0.29, 0.717) is 11.1 Å². The maximum absolute atomic E-state index is 13.2. The van der Waals surface area contributed by atoms with Crippen molar-refractivity contribution in [2.24, 2.45) is 5.92 Å². The predicted molar refractivity (Wildman–Crippen MR) is 95.1 cm³/mol. The Labute approximate surface area is 148 Å². The number of carboxylic acids is 1. The van der Waals surface area contributed by atoms with Crippen LogP contribution in [0.1, 0.15) is 34.3 Å². The van der Waals surface area contributed by atoms with Crippen LogP contribution in [0.2, 0.25) is 5.02 Å². The van der Waals surface area contributed by atoms with Gasteiger partial charge >= 0.3 is 5.97 Å². The molecule has 0 radical (unpaired) electrons. The minimum Gasteiger partial charge on any atom is -0.478 e. The number of carbonyl (C=O) groups excluding carboxylic acids is 1. The fourth-order valence-corrected chi connectivity index (χ4v) is 2.53. The zero-order valence-electron chi connectivity index (χ0n) is 13.1. The first-order valence-corrected chi connectivity index (χ1v) is 8.13. The molecule has 0 aliphatic heterocycles. The summed E-state index contributed by atoms with van der Waals surface area (Å²) in [5.41, 5.74) is 1.64. The van der Waals surface area contributed by atoms with Gasteiger partial charge < -0.3 is 10.4 Å². The summed E-state index contributed by atoms with van der Waals surface area (Å²) >= 11 is 5.74. The monoisotopic (exact) mass is 359 g/mol. The molecule has 3 rings (SSSR count). The number of carbonyl (C=O) groups is 2. The maximum Gasteiger partial charge on any atom is 0.337 e. The molecule has 0 saturated heterocycles. The molecule has 4 nitrogen and oxygen atoms in total. The van der Waals surface area contributed by atoms with Crippen molar-refractivity contribution < 1.29 is 19.1 Å². The molecule has 1 fully saturated rings. The van der Waals surface area contributed by atoms with Crippen molar-refractivity contribution in [3.63, 3.8) is 0 Å². The van der Waals surface area contributed by atoms with Gasteiger partial charge in [-0.25, -0.2) is 9.18 Å². The standard InChI is InChI=1S/C19H15ClFNO3/c20-15-10-12(3-7-16(15)21)2-1-11-4-8-17(14(9-11)19(24)25)22-18(23)13-5-6-13/h1-4,7-10,13H,5-6H2,(H,22,23)(H,24,25). The normalized spacial score (nSPS) is 13.8. The van der Waals surface area contributed by atoms with Gasteiger partial charge in [0, 0.05) is 5.92 Å². The van der Waals surface area contributed by atoms with Crippen LogP contribution < -0.4 is 5.32 Å². The predicted octanol–water partition coefficient (Wildman–Crippen LogP) is 4.70. The largest absolute Gasteiger partial charge is 0.478 e. The lowest BCUT2D eigenvalue weighted by atomic mass is 10.1. The van der Waals surface area contributed by atoms with Crippen molar-refractivity contribution in [2.75, 3.05) is 5.32 Å². The Bertz CT molecular complexity index is 875. The van der Waals surface area contributed by atoms with Crippen molar-refractivity contribution in [1.29, 1.82) is 0 Å². The topological polar surface area (TPSA) is 66.4 Å². The summed E-state index contributed by atoms with van der Waals surface area (Å²) in [6.45, 7) is 0. The van der Waals surface area contributed by atoms with Gasteiger partial charge in [0.05, 0.1) is 16.3 Å². The van der Waals surface area contributed by atoms with Gasteiger partial charge in [-0.3, -0.25) is 4.79 Å². The van der Waals surface area contributed by atoms with Crippen LogP contribution in [0.5, 0.6) is 0 Å². The molecule has 0 bridgehead atoms. The number of amides is 1. The number of aromatic carboxylic acids is 1. The Morgan fingerprint density at radius 3 is 2.36 bits per heavy atom. The number of carboxylic acid groups (broad SMARTS) is 1. The van der Waals surface area contributed by atoms with Gasteiger partial charge in [0.25, 0.3) is 0 Å². The number of benzene rings is 2. The molecule has 0 atom stereocenters. The van der Waals surface area contributed by atoms with Crippen LogP contribution in [0.15, 0.2) is 36.4 Å². The summed E-state index contributed by atoms with van der Waals surface area (Å²) in [5.74, 6) is -1.77. The number of hydrogen-bond donors (Lipinski definition) is 2. The van der Waals surface area contributed by atoms with Crippen molar-refractivity contribution >= 4 is 41.3 Å². The Kier molecular flexibility index (Phi) is 4.86. The molecular formula is C19H15ClFNO3. The fraction of sp³-hybridized carbons (Fsp3) is 0.158. The Morgan fingerprint density at radius 1 is 1.12 bits per heavy atom. The summed E-state index contributed by atoms with van der Waals surface area (Å²) in [4.78, 5) is 23.3. The number of nitrogens with one attached hydrogen (secondary N) is 1. The second kappa shape index (κ2) is 7.07. The lowest BCUT2D eigenvalue weighted by molar-refractivity contribution is -0.117. The third-order valence-corrected chi connectivity index (χ3v) is 4.18. The highest BCUT2D eigenvalue weighted by Crippen LogP contribution is 2.31. The summed E-state index contributed by atoms with van der Waals surface area (Å²) in [6, 6.07) is 9.07. The van der Waals surface area contributed by atoms with Crippen molar-refractivity contribution in [1.82, 2.24) is 0 Å². The third-order valence-electron chi connectivity index (χ3n) is 3.89. The highest BCUT2D eigenvalue weighted by Gasteiger charge is 2.30. The molecule has 1 aliphatic carbocycles. The van der Waals surface area contributed by atoms with Crippen LogP contribution >= 0.6 is 11.6 Å². The van der Waals surface area contributed by atoms with Gasteiger partial charge in [-0.1, -0.05) is 35.9 Å². The van der Waals surface area contributed by atoms with E-state index in [0.717, 1.165) is 12.8 Å². The van der Waals surface area contributed by atoms with Crippen LogP contribution in [0.25, 0.3) is 12.2 Å². The molecule has 128 valence electrons.